The summed E-state index contributed by atoms with van der Waals surface area (Å²) in [5, 5.41) is 13.1. The third-order valence-corrected chi connectivity index (χ3v) is 14.5. The summed E-state index contributed by atoms with van der Waals surface area (Å²) in [4.78, 5) is 95.2. The number of nitrogens with one attached hydrogen (secondary N) is 5. The maximum Gasteiger partial charge on any atom is 0.246 e. The van der Waals surface area contributed by atoms with Gasteiger partial charge in [-0.3, -0.25) is 28.8 Å². The predicted octanol–water partition coefficient (Wildman–Crippen LogP) is 3.14. The van der Waals surface area contributed by atoms with Crippen molar-refractivity contribution in [1.29, 1.82) is 0 Å². The minimum atomic E-state index is -1.36. The number of hydrogen-bond acceptors (Lipinski definition) is 7. The summed E-state index contributed by atoms with van der Waals surface area (Å²) in [5.41, 5.74) is 9.47. The Balaban J connectivity index is 1.11. The van der Waals surface area contributed by atoms with Crippen molar-refractivity contribution >= 4 is 51.9 Å². The second-order valence-electron chi connectivity index (χ2n) is 18.2. The standard InChI is InChI=1S/C47H58N8O6/c48-22-19-35-44(59)54-23-9-16-39(54)45(60)55-38-15-6-2-11-30(38)26-40(55)43(58)51-37(24-29-18-17-28-10-1-3-12-32(28)29)42(57)53-47(20-7-8-21-47)46(61)52-36(41(56)50-35)25-31-27-49-34-14-5-4-13-33(31)34/h1,3-5,10,12-14,18,27,30,35-40,49H,2,6-9,11,15-17,19-26,48H2,(H,50,56)(H,51,58)(H,52,61)(H,53,57)/t30-,35-,36-,37-,38-,39+,40-/m0/s1. The molecule has 3 aliphatic carbocycles. The molecule has 0 radical (unpaired) electrons. The second-order valence-corrected chi connectivity index (χ2v) is 18.2. The van der Waals surface area contributed by atoms with Gasteiger partial charge in [-0.1, -0.05) is 74.2 Å². The molecule has 2 aromatic carbocycles. The Bertz CT molecular complexity index is 2250. The molecule has 61 heavy (non-hydrogen) atoms. The van der Waals surface area contributed by atoms with Crippen molar-refractivity contribution in [3.63, 3.8) is 0 Å². The molecule has 6 amide bonds. The smallest absolute Gasteiger partial charge is 0.246 e. The van der Waals surface area contributed by atoms with Crippen LogP contribution in [0.1, 0.15) is 100 Å². The minimum Gasteiger partial charge on any atom is -0.361 e. The molecule has 4 heterocycles. The number of H-pyrrole nitrogens is 1. The average Bonchev–Trinajstić information content (AvgIpc) is 4.13. The van der Waals surface area contributed by atoms with E-state index in [9.17, 15) is 28.8 Å². The van der Waals surface area contributed by atoms with Gasteiger partial charge in [0.2, 0.25) is 35.4 Å². The van der Waals surface area contributed by atoms with Crippen molar-refractivity contribution in [3.05, 3.63) is 77.5 Å². The zero-order valence-corrected chi connectivity index (χ0v) is 34.8. The van der Waals surface area contributed by atoms with Crippen molar-refractivity contribution < 1.29 is 28.8 Å². The summed E-state index contributed by atoms with van der Waals surface area (Å²) < 4.78 is 0. The van der Waals surface area contributed by atoms with E-state index < -0.39 is 65.3 Å². The lowest BCUT2D eigenvalue weighted by atomic mass is 9.84. The molecule has 2 saturated carbocycles. The van der Waals surface area contributed by atoms with Crippen LogP contribution in [0, 0.1) is 5.92 Å². The topological polar surface area (TPSA) is 199 Å². The summed E-state index contributed by atoms with van der Waals surface area (Å²) in [6.45, 7) is 0.418. The second kappa shape index (κ2) is 17.1. The first-order chi connectivity index (χ1) is 29.6. The first-order valence-corrected chi connectivity index (χ1v) is 22.5. The van der Waals surface area contributed by atoms with Gasteiger partial charge in [0.1, 0.15) is 35.7 Å². The van der Waals surface area contributed by atoms with Crippen LogP contribution in [0.4, 0.5) is 0 Å². The summed E-state index contributed by atoms with van der Waals surface area (Å²) in [6, 6.07) is 10.7. The van der Waals surface area contributed by atoms with Gasteiger partial charge < -0.3 is 41.8 Å². The molecule has 3 aliphatic heterocycles. The van der Waals surface area contributed by atoms with Gasteiger partial charge in [-0.05, 0) is 98.6 Å². The number of nitrogens with two attached hydrogens (primary N) is 1. The molecule has 14 heteroatoms. The molecule has 14 nitrogen and oxygen atoms in total. The van der Waals surface area contributed by atoms with Crippen LogP contribution in [0.2, 0.25) is 0 Å². The molecular weight excluding hydrogens is 773 g/mol. The molecular formula is C47H58N8O6. The van der Waals surface area contributed by atoms with Gasteiger partial charge in [0.15, 0.2) is 0 Å². The highest BCUT2D eigenvalue weighted by molar-refractivity contribution is 6.01. The van der Waals surface area contributed by atoms with E-state index in [1.165, 1.54) is 0 Å². The van der Waals surface area contributed by atoms with Crippen LogP contribution in [0.25, 0.3) is 16.5 Å². The van der Waals surface area contributed by atoms with Crippen molar-refractivity contribution in [2.45, 2.75) is 138 Å². The van der Waals surface area contributed by atoms with Crippen LogP contribution in [-0.4, -0.2) is 105 Å². The zero-order chi connectivity index (χ0) is 42.3. The van der Waals surface area contributed by atoms with Crippen LogP contribution in [0.3, 0.4) is 0 Å². The lowest BCUT2D eigenvalue weighted by molar-refractivity contribution is -0.150. The Morgan fingerprint density at radius 3 is 2.31 bits per heavy atom. The van der Waals surface area contributed by atoms with Crippen molar-refractivity contribution in [2.75, 3.05) is 13.1 Å². The highest BCUT2D eigenvalue weighted by Gasteiger charge is 2.52. The monoisotopic (exact) mass is 830 g/mol. The Kier molecular flexibility index (Phi) is 11.5. The van der Waals surface area contributed by atoms with E-state index in [1.807, 2.05) is 48.7 Å². The van der Waals surface area contributed by atoms with Crippen LogP contribution in [-0.2, 0) is 41.6 Å². The molecule has 9 rings (SSSR count). The Labute approximate surface area is 356 Å². The molecule has 0 bridgehead atoms. The first-order valence-electron chi connectivity index (χ1n) is 22.5. The van der Waals surface area contributed by atoms with Gasteiger partial charge in [-0.2, -0.15) is 0 Å². The van der Waals surface area contributed by atoms with Gasteiger partial charge in [0.05, 0.1) is 0 Å². The van der Waals surface area contributed by atoms with Crippen LogP contribution < -0.4 is 27.0 Å². The van der Waals surface area contributed by atoms with E-state index in [4.69, 9.17) is 5.73 Å². The molecule has 7 N–H and O–H groups in total. The lowest BCUT2D eigenvalue weighted by Crippen LogP contribution is -2.65. The number of carbonyl (C=O) groups excluding carboxylic acids is 6. The highest BCUT2D eigenvalue weighted by atomic mass is 16.2. The zero-order valence-electron chi connectivity index (χ0n) is 34.8. The number of aromatic nitrogens is 1. The van der Waals surface area contributed by atoms with Gasteiger partial charge in [0.25, 0.3) is 0 Å². The van der Waals surface area contributed by atoms with Gasteiger partial charge in [-0.15, -0.1) is 0 Å². The fraction of sp³-hybridized carbons (Fsp3) is 0.532. The van der Waals surface area contributed by atoms with E-state index in [0.717, 1.165) is 58.8 Å². The molecule has 7 atom stereocenters. The number of carbonyl (C=O) groups is 6. The van der Waals surface area contributed by atoms with Crippen LogP contribution >= 0.6 is 0 Å². The van der Waals surface area contributed by atoms with Gasteiger partial charge in [-0.25, -0.2) is 0 Å². The summed E-state index contributed by atoms with van der Waals surface area (Å²) in [6.07, 6.45) is 12.1. The molecule has 5 fully saturated rings. The number of fused-ring (bicyclic) bond motifs is 6. The maximum atomic E-state index is 15.0. The molecule has 0 unspecified atom stereocenters. The molecule has 322 valence electrons. The molecule has 3 aromatic rings. The number of aromatic amines is 1. The Morgan fingerprint density at radius 2 is 1.48 bits per heavy atom. The molecule has 1 spiro atoms. The van der Waals surface area contributed by atoms with E-state index in [2.05, 4.69) is 38.4 Å². The Morgan fingerprint density at radius 1 is 0.721 bits per heavy atom. The van der Waals surface area contributed by atoms with Crippen molar-refractivity contribution in [2.24, 2.45) is 11.7 Å². The van der Waals surface area contributed by atoms with E-state index in [0.29, 0.717) is 57.9 Å². The van der Waals surface area contributed by atoms with Crippen molar-refractivity contribution in [1.82, 2.24) is 36.1 Å². The molecule has 3 saturated heterocycles. The number of allylic oxidation sites excluding steroid dienone is 1. The quantitative estimate of drug-likeness (QED) is 0.219. The Hall–Kier alpha value is -5.50. The minimum absolute atomic E-state index is 0.0968. The third kappa shape index (κ3) is 7.83. The van der Waals surface area contributed by atoms with Gasteiger partial charge in [0, 0.05) is 42.5 Å². The van der Waals surface area contributed by atoms with Crippen LogP contribution in [0.5, 0.6) is 0 Å². The van der Waals surface area contributed by atoms with Crippen LogP contribution in [0.15, 0.2) is 60.8 Å². The van der Waals surface area contributed by atoms with E-state index in [1.54, 1.807) is 9.80 Å². The average molecular weight is 831 g/mol. The summed E-state index contributed by atoms with van der Waals surface area (Å²) in [7, 11) is 0. The first kappa shape index (κ1) is 40.9. The summed E-state index contributed by atoms with van der Waals surface area (Å²) in [5.74, 6) is -2.49. The SMILES string of the molecule is NCC[C@@H]1NC(=O)[C@H](Cc2c[nH]c3ccccc23)NC(=O)C2(CCCC2)NC(=O)[C@H](CC2=CCc3ccccc32)NC(=O)[C@@H]2C[C@@H]3CCCC[C@@H]3N2C(=O)[C@H]2CCCN2C1=O. The maximum absolute atomic E-state index is 15.0. The van der Waals surface area contributed by atoms with Crippen molar-refractivity contribution in [3.8, 4) is 0 Å². The number of amides is 6. The number of rotatable bonds is 6. The lowest BCUT2D eigenvalue weighted by Gasteiger charge is -2.38. The number of benzene rings is 2. The van der Waals surface area contributed by atoms with Gasteiger partial charge >= 0.3 is 0 Å². The largest absolute Gasteiger partial charge is 0.361 e. The van der Waals surface area contributed by atoms with E-state index >= 15 is 0 Å². The normalized spacial score (nSPS) is 29.5. The predicted molar refractivity (Wildman–Crippen MR) is 229 cm³/mol. The summed E-state index contributed by atoms with van der Waals surface area (Å²) >= 11 is 0. The third-order valence-electron chi connectivity index (χ3n) is 14.5. The number of para-hydroxylation sites is 1. The van der Waals surface area contributed by atoms with E-state index in [-0.39, 0.29) is 43.7 Å². The number of hydrogen-bond donors (Lipinski definition) is 6. The molecule has 6 aliphatic rings. The fourth-order valence-corrected chi connectivity index (χ4v) is 11.3. The number of nitrogens with zero attached hydrogens (tertiary/aromatic N) is 2. The molecule has 1 aromatic heterocycles. The highest BCUT2D eigenvalue weighted by Crippen LogP contribution is 2.42. The fourth-order valence-electron chi connectivity index (χ4n) is 11.3.